The molecule has 0 aromatic carbocycles. The van der Waals surface area contributed by atoms with Gasteiger partial charge in [0, 0.05) is 18.8 Å². The third-order valence-corrected chi connectivity index (χ3v) is 3.42. The highest BCUT2D eigenvalue weighted by Gasteiger charge is 2.12. The van der Waals surface area contributed by atoms with Crippen LogP contribution in [0.3, 0.4) is 0 Å². The lowest BCUT2D eigenvalue weighted by Crippen LogP contribution is -2.30. The van der Waals surface area contributed by atoms with Gasteiger partial charge in [-0.25, -0.2) is 0 Å². The summed E-state index contributed by atoms with van der Waals surface area (Å²) in [6.07, 6.45) is 0. The van der Waals surface area contributed by atoms with Crippen molar-refractivity contribution in [1.82, 2.24) is 15.1 Å². The standard InChI is InChI=1S/C14H18BrN3O2/c1-9(8-18-11(3)6-10(2)17-18)7-16-14(19)12-4-5-13(15)20-12/h4-6,9H,7-8H2,1-3H3,(H,16,19). The van der Waals surface area contributed by atoms with Crippen LogP contribution in [0.5, 0.6) is 0 Å². The second kappa shape index (κ2) is 6.26. The lowest BCUT2D eigenvalue weighted by molar-refractivity contribution is 0.0917. The molecular weight excluding hydrogens is 322 g/mol. The predicted molar refractivity (Wildman–Crippen MR) is 79.6 cm³/mol. The molecule has 1 amide bonds. The van der Waals surface area contributed by atoms with E-state index in [0.29, 0.717) is 17.0 Å². The second-order valence-corrected chi connectivity index (χ2v) is 5.81. The normalized spacial score (nSPS) is 12.4. The Morgan fingerprint density at radius 2 is 2.25 bits per heavy atom. The Morgan fingerprint density at radius 3 is 2.80 bits per heavy atom. The number of amides is 1. The summed E-state index contributed by atoms with van der Waals surface area (Å²) in [5.74, 6) is 0.404. The van der Waals surface area contributed by atoms with E-state index in [9.17, 15) is 4.79 Å². The van der Waals surface area contributed by atoms with Crippen molar-refractivity contribution in [2.24, 2.45) is 5.92 Å². The number of aromatic nitrogens is 2. The van der Waals surface area contributed by atoms with Crippen LogP contribution in [-0.2, 0) is 6.54 Å². The van der Waals surface area contributed by atoms with Gasteiger partial charge in [0.15, 0.2) is 10.4 Å². The van der Waals surface area contributed by atoms with E-state index in [1.54, 1.807) is 12.1 Å². The molecule has 2 aromatic rings. The van der Waals surface area contributed by atoms with Crippen LogP contribution >= 0.6 is 15.9 Å². The molecule has 0 aliphatic carbocycles. The summed E-state index contributed by atoms with van der Waals surface area (Å²) in [6, 6.07) is 5.39. The Hall–Kier alpha value is -1.56. The molecule has 1 unspecified atom stereocenters. The molecule has 0 saturated carbocycles. The summed E-state index contributed by atoms with van der Waals surface area (Å²) < 4.78 is 7.73. The minimum atomic E-state index is -0.198. The van der Waals surface area contributed by atoms with E-state index < -0.39 is 0 Å². The zero-order chi connectivity index (χ0) is 14.7. The molecule has 0 aliphatic rings. The number of carbonyl (C=O) groups is 1. The van der Waals surface area contributed by atoms with E-state index in [4.69, 9.17) is 4.42 Å². The van der Waals surface area contributed by atoms with Gasteiger partial charge in [-0.3, -0.25) is 9.48 Å². The van der Waals surface area contributed by atoms with Gasteiger partial charge in [0.05, 0.1) is 5.69 Å². The van der Waals surface area contributed by atoms with E-state index >= 15 is 0 Å². The van der Waals surface area contributed by atoms with Crippen molar-refractivity contribution in [3.8, 4) is 0 Å². The molecule has 0 fully saturated rings. The third kappa shape index (κ3) is 3.72. The molecule has 2 heterocycles. The van der Waals surface area contributed by atoms with Gasteiger partial charge in [-0.15, -0.1) is 0 Å². The van der Waals surface area contributed by atoms with Crippen molar-refractivity contribution in [3.05, 3.63) is 40.0 Å². The highest BCUT2D eigenvalue weighted by Crippen LogP contribution is 2.14. The molecule has 2 rings (SSSR count). The SMILES string of the molecule is Cc1cc(C)n(CC(C)CNC(=O)c2ccc(Br)o2)n1. The second-order valence-electron chi connectivity index (χ2n) is 5.03. The van der Waals surface area contributed by atoms with Gasteiger partial charge in [-0.2, -0.15) is 5.10 Å². The van der Waals surface area contributed by atoms with Crippen LogP contribution in [0, 0.1) is 19.8 Å². The number of nitrogens with one attached hydrogen (secondary N) is 1. The molecule has 2 aromatic heterocycles. The zero-order valence-electron chi connectivity index (χ0n) is 11.8. The summed E-state index contributed by atoms with van der Waals surface area (Å²) in [6.45, 7) is 7.45. The number of halogens is 1. The molecule has 1 N–H and O–H groups in total. The van der Waals surface area contributed by atoms with Crippen LogP contribution < -0.4 is 5.32 Å². The van der Waals surface area contributed by atoms with Crippen molar-refractivity contribution < 1.29 is 9.21 Å². The highest BCUT2D eigenvalue weighted by molar-refractivity contribution is 9.10. The minimum Gasteiger partial charge on any atom is -0.444 e. The number of hydrogen-bond donors (Lipinski definition) is 1. The van der Waals surface area contributed by atoms with Gasteiger partial charge in [0.25, 0.3) is 5.91 Å². The molecular formula is C14H18BrN3O2. The number of furan rings is 1. The molecule has 5 nitrogen and oxygen atoms in total. The molecule has 108 valence electrons. The largest absolute Gasteiger partial charge is 0.444 e. The number of rotatable bonds is 5. The van der Waals surface area contributed by atoms with Crippen LogP contribution in [0.1, 0.15) is 28.9 Å². The third-order valence-electron chi connectivity index (χ3n) is 3.00. The van der Waals surface area contributed by atoms with Crippen LogP contribution in [-0.4, -0.2) is 22.2 Å². The first-order valence-corrected chi connectivity index (χ1v) is 7.29. The van der Waals surface area contributed by atoms with Gasteiger partial charge in [0.1, 0.15) is 0 Å². The van der Waals surface area contributed by atoms with Crippen molar-refractivity contribution >= 4 is 21.8 Å². The predicted octanol–water partition coefficient (Wildman–Crippen LogP) is 2.92. The van der Waals surface area contributed by atoms with Gasteiger partial charge >= 0.3 is 0 Å². The first kappa shape index (κ1) is 14.8. The van der Waals surface area contributed by atoms with Gasteiger partial charge in [-0.1, -0.05) is 6.92 Å². The molecule has 0 radical (unpaired) electrons. The van der Waals surface area contributed by atoms with Gasteiger partial charge in [-0.05, 0) is 53.9 Å². The first-order valence-electron chi connectivity index (χ1n) is 6.50. The average molecular weight is 340 g/mol. The van der Waals surface area contributed by atoms with Gasteiger partial charge < -0.3 is 9.73 Å². The fourth-order valence-corrected chi connectivity index (χ4v) is 2.32. The Kier molecular flexibility index (Phi) is 4.65. The Bertz CT molecular complexity index is 603. The molecule has 20 heavy (non-hydrogen) atoms. The van der Waals surface area contributed by atoms with Crippen LogP contribution in [0.4, 0.5) is 0 Å². The Labute approximate surface area is 126 Å². The lowest BCUT2D eigenvalue weighted by atomic mass is 10.2. The number of hydrogen-bond acceptors (Lipinski definition) is 3. The maximum atomic E-state index is 11.8. The fourth-order valence-electron chi connectivity index (χ4n) is 2.01. The van der Waals surface area contributed by atoms with Crippen molar-refractivity contribution in [2.45, 2.75) is 27.3 Å². The van der Waals surface area contributed by atoms with Gasteiger partial charge in [0.2, 0.25) is 0 Å². The monoisotopic (exact) mass is 339 g/mol. The summed E-state index contributed by atoms with van der Waals surface area (Å²) in [5, 5.41) is 7.28. The molecule has 6 heteroatoms. The summed E-state index contributed by atoms with van der Waals surface area (Å²) >= 11 is 3.18. The van der Waals surface area contributed by atoms with Crippen LogP contribution in [0.25, 0.3) is 0 Å². The van der Waals surface area contributed by atoms with E-state index in [1.165, 1.54) is 0 Å². The summed E-state index contributed by atoms with van der Waals surface area (Å²) in [5.41, 5.74) is 2.15. The van der Waals surface area contributed by atoms with Crippen molar-refractivity contribution in [1.29, 1.82) is 0 Å². The smallest absolute Gasteiger partial charge is 0.287 e. The molecule has 0 spiro atoms. The van der Waals surface area contributed by atoms with Crippen LogP contribution in [0.15, 0.2) is 27.3 Å². The summed E-state index contributed by atoms with van der Waals surface area (Å²) in [4.78, 5) is 11.8. The Balaban J connectivity index is 1.84. The van der Waals surface area contributed by atoms with Crippen molar-refractivity contribution in [2.75, 3.05) is 6.54 Å². The average Bonchev–Trinajstić information content (AvgIpc) is 2.93. The van der Waals surface area contributed by atoms with E-state index in [2.05, 4.69) is 33.3 Å². The lowest BCUT2D eigenvalue weighted by Gasteiger charge is -2.13. The molecule has 1 atom stereocenters. The minimum absolute atomic E-state index is 0.198. The zero-order valence-corrected chi connectivity index (χ0v) is 13.4. The highest BCUT2D eigenvalue weighted by atomic mass is 79.9. The number of carbonyl (C=O) groups excluding carboxylic acids is 1. The Morgan fingerprint density at radius 1 is 1.50 bits per heavy atom. The number of aryl methyl sites for hydroxylation is 2. The van der Waals surface area contributed by atoms with Crippen LogP contribution in [0.2, 0.25) is 0 Å². The quantitative estimate of drug-likeness (QED) is 0.910. The number of nitrogens with zero attached hydrogens (tertiary/aromatic N) is 2. The molecule has 0 saturated heterocycles. The van der Waals surface area contributed by atoms with E-state index in [0.717, 1.165) is 17.9 Å². The first-order chi connectivity index (χ1) is 9.45. The fraction of sp³-hybridized carbons (Fsp3) is 0.429. The van der Waals surface area contributed by atoms with Crippen molar-refractivity contribution in [3.63, 3.8) is 0 Å². The molecule has 0 bridgehead atoms. The summed E-state index contributed by atoms with van der Waals surface area (Å²) in [7, 11) is 0. The maximum Gasteiger partial charge on any atom is 0.287 e. The van der Waals surface area contributed by atoms with E-state index in [-0.39, 0.29) is 11.8 Å². The maximum absolute atomic E-state index is 11.8. The molecule has 0 aliphatic heterocycles. The topological polar surface area (TPSA) is 60.1 Å². The van der Waals surface area contributed by atoms with E-state index in [1.807, 2.05) is 24.6 Å².